The van der Waals surface area contributed by atoms with Gasteiger partial charge in [-0.1, -0.05) is 0 Å². The van der Waals surface area contributed by atoms with Crippen LogP contribution in [0.25, 0.3) is 0 Å². The number of likely N-dealkylation sites (tertiary alicyclic amines) is 1. The lowest BCUT2D eigenvalue weighted by molar-refractivity contribution is 0.399. The Balaban J connectivity index is 1.97. The summed E-state index contributed by atoms with van der Waals surface area (Å²) >= 11 is 0. The van der Waals surface area contributed by atoms with Crippen LogP contribution in [-0.2, 0) is 0 Å². The Bertz CT molecular complexity index is 401. The first-order valence-electron chi connectivity index (χ1n) is 6.35. The zero-order chi connectivity index (χ0) is 12.4. The normalized spacial score (nSPS) is 20.8. The molecule has 1 aromatic carbocycles. The summed E-state index contributed by atoms with van der Waals surface area (Å²) in [7, 11) is 2.18. The average Bonchev–Trinajstić information content (AvgIpc) is 2.68. The fourth-order valence-corrected chi connectivity index (χ4v) is 2.44. The lowest BCUT2D eigenvalue weighted by Gasteiger charge is -2.15. The van der Waals surface area contributed by atoms with Gasteiger partial charge in [-0.15, -0.1) is 0 Å². The fourth-order valence-electron chi connectivity index (χ4n) is 2.44. The van der Waals surface area contributed by atoms with E-state index in [-0.39, 0.29) is 0 Å². The monoisotopic (exact) mass is 233 g/mol. The number of nitrogens with one attached hydrogen (secondary N) is 1. The predicted molar refractivity (Wildman–Crippen MR) is 74.4 cm³/mol. The molecule has 1 fully saturated rings. The van der Waals surface area contributed by atoms with Crippen molar-refractivity contribution in [3.8, 4) is 0 Å². The second-order valence-electron chi connectivity index (χ2n) is 5.32. The minimum Gasteiger partial charge on any atom is -0.397 e. The van der Waals surface area contributed by atoms with E-state index in [4.69, 9.17) is 5.73 Å². The predicted octanol–water partition coefficient (Wildman–Crippen LogP) is 2.25. The van der Waals surface area contributed by atoms with E-state index in [2.05, 4.69) is 43.2 Å². The van der Waals surface area contributed by atoms with Crippen LogP contribution in [0.3, 0.4) is 0 Å². The molecule has 3 heteroatoms. The molecule has 1 aliphatic rings. The number of nitrogen functional groups attached to an aromatic ring is 1. The first-order valence-corrected chi connectivity index (χ1v) is 6.35. The Morgan fingerprint density at radius 2 is 2.06 bits per heavy atom. The third-order valence-electron chi connectivity index (χ3n) is 3.74. The van der Waals surface area contributed by atoms with Gasteiger partial charge in [-0.05, 0) is 63.0 Å². The second-order valence-corrected chi connectivity index (χ2v) is 5.32. The maximum Gasteiger partial charge on any atom is 0.0576 e. The maximum absolute atomic E-state index is 6.03. The zero-order valence-electron chi connectivity index (χ0n) is 11.1. The molecule has 1 aliphatic heterocycles. The van der Waals surface area contributed by atoms with Gasteiger partial charge in [0.2, 0.25) is 0 Å². The molecule has 2 rings (SSSR count). The molecule has 0 radical (unpaired) electrons. The molecule has 0 aliphatic carbocycles. The largest absolute Gasteiger partial charge is 0.397 e. The Labute approximate surface area is 104 Å². The number of nitrogens with two attached hydrogens (primary N) is 1. The molecule has 1 saturated heterocycles. The van der Waals surface area contributed by atoms with Crippen molar-refractivity contribution in [3.63, 3.8) is 0 Å². The molecule has 1 heterocycles. The summed E-state index contributed by atoms with van der Waals surface area (Å²) in [6, 6.07) is 4.21. The van der Waals surface area contributed by atoms with E-state index in [1.807, 2.05) is 0 Å². The lowest BCUT2D eigenvalue weighted by atomic mass is 10.1. The summed E-state index contributed by atoms with van der Waals surface area (Å²) < 4.78 is 0. The number of hydrogen-bond donors (Lipinski definition) is 2. The topological polar surface area (TPSA) is 41.3 Å². The summed E-state index contributed by atoms with van der Waals surface area (Å²) in [5, 5.41) is 3.49. The summed E-state index contributed by atoms with van der Waals surface area (Å²) in [5.41, 5.74) is 10.5. The first kappa shape index (κ1) is 12.2. The van der Waals surface area contributed by atoms with Crippen molar-refractivity contribution < 1.29 is 0 Å². The van der Waals surface area contributed by atoms with Crippen molar-refractivity contribution in [2.24, 2.45) is 5.92 Å². The van der Waals surface area contributed by atoms with Crippen molar-refractivity contribution in [2.75, 3.05) is 37.7 Å². The van der Waals surface area contributed by atoms with Gasteiger partial charge in [-0.3, -0.25) is 0 Å². The standard InChI is InChI=1S/C14H23N3/c1-10-6-13(15)14(7-11(10)2)16-8-12-4-5-17(3)9-12/h6-7,12,16H,4-5,8-9,15H2,1-3H3. The van der Waals surface area contributed by atoms with Crippen LogP contribution in [0.5, 0.6) is 0 Å². The first-order chi connectivity index (χ1) is 8.06. The third-order valence-corrected chi connectivity index (χ3v) is 3.74. The average molecular weight is 233 g/mol. The molecule has 1 aromatic rings. The molecule has 1 unspecified atom stereocenters. The van der Waals surface area contributed by atoms with Crippen molar-refractivity contribution in [1.82, 2.24) is 4.90 Å². The van der Waals surface area contributed by atoms with Crippen LogP contribution < -0.4 is 11.1 Å². The molecular formula is C14H23N3. The molecule has 0 saturated carbocycles. The van der Waals surface area contributed by atoms with Crippen LogP contribution in [0.2, 0.25) is 0 Å². The number of hydrogen-bond acceptors (Lipinski definition) is 3. The van der Waals surface area contributed by atoms with Crippen LogP contribution in [0, 0.1) is 19.8 Å². The van der Waals surface area contributed by atoms with E-state index >= 15 is 0 Å². The highest BCUT2D eigenvalue weighted by Gasteiger charge is 2.19. The molecule has 94 valence electrons. The summed E-state index contributed by atoms with van der Waals surface area (Å²) in [4.78, 5) is 2.39. The zero-order valence-corrected chi connectivity index (χ0v) is 11.1. The molecular weight excluding hydrogens is 210 g/mol. The van der Waals surface area contributed by atoms with Gasteiger partial charge in [-0.25, -0.2) is 0 Å². The quantitative estimate of drug-likeness (QED) is 0.787. The van der Waals surface area contributed by atoms with Gasteiger partial charge in [0, 0.05) is 13.1 Å². The van der Waals surface area contributed by atoms with Gasteiger partial charge in [0.05, 0.1) is 11.4 Å². The minimum absolute atomic E-state index is 0.751. The number of benzene rings is 1. The molecule has 3 nitrogen and oxygen atoms in total. The summed E-state index contributed by atoms with van der Waals surface area (Å²) in [6.07, 6.45) is 1.29. The number of anilines is 2. The van der Waals surface area contributed by atoms with Gasteiger partial charge >= 0.3 is 0 Å². The van der Waals surface area contributed by atoms with Crippen LogP contribution in [0.4, 0.5) is 11.4 Å². The van der Waals surface area contributed by atoms with E-state index < -0.39 is 0 Å². The molecule has 0 bridgehead atoms. The van der Waals surface area contributed by atoms with E-state index in [9.17, 15) is 0 Å². The Morgan fingerprint density at radius 3 is 2.71 bits per heavy atom. The summed E-state index contributed by atoms with van der Waals surface area (Å²) in [6.45, 7) is 7.66. The maximum atomic E-state index is 6.03. The van der Waals surface area contributed by atoms with E-state index in [0.29, 0.717) is 0 Å². The molecule has 17 heavy (non-hydrogen) atoms. The van der Waals surface area contributed by atoms with Gasteiger partial charge in [0.25, 0.3) is 0 Å². The van der Waals surface area contributed by atoms with Crippen LogP contribution in [0.15, 0.2) is 12.1 Å². The van der Waals surface area contributed by atoms with Gasteiger partial charge in [0.15, 0.2) is 0 Å². The molecule has 3 N–H and O–H groups in total. The Morgan fingerprint density at radius 1 is 1.35 bits per heavy atom. The highest BCUT2D eigenvalue weighted by molar-refractivity contribution is 5.68. The van der Waals surface area contributed by atoms with Crippen molar-refractivity contribution in [1.29, 1.82) is 0 Å². The Kier molecular flexibility index (Phi) is 3.57. The van der Waals surface area contributed by atoms with Crippen LogP contribution in [-0.4, -0.2) is 31.6 Å². The van der Waals surface area contributed by atoms with Gasteiger partial charge < -0.3 is 16.0 Å². The lowest BCUT2D eigenvalue weighted by Crippen LogP contribution is -2.19. The molecule has 0 spiro atoms. The number of rotatable bonds is 3. The van der Waals surface area contributed by atoms with Crippen molar-refractivity contribution >= 4 is 11.4 Å². The van der Waals surface area contributed by atoms with Crippen LogP contribution >= 0.6 is 0 Å². The second kappa shape index (κ2) is 4.96. The number of aryl methyl sites for hydroxylation is 2. The van der Waals surface area contributed by atoms with Crippen LogP contribution in [0.1, 0.15) is 17.5 Å². The highest BCUT2D eigenvalue weighted by atomic mass is 15.1. The smallest absolute Gasteiger partial charge is 0.0576 e. The molecule has 1 atom stereocenters. The third kappa shape index (κ3) is 2.91. The van der Waals surface area contributed by atoms with Gasteiger partial charge in [0.1, 0.15) is 0 Å². The van der Waals surface area contributed by atoms with Gasteiger partial charge in [-0.2, -0.15) is 0 Å². The highest BCUT2D eigenvalue weighted by Crippen LogP contribution is 2.24. The van der Waals surface area contributed by atoms with E-state index in [0.717, 1.165) is 23.8 Å². The summed E-state index contributed by atoms with van der Waals surface area (Å²) in [5.74, 6) is 0.751. The van der Waals surface area contributed by atoms with Crippen molar-refractivity contribution in [2.45, 2.75) is 20.3 Å². The molecule has 0 aromatic heterocycles. The van der Waals surface area contributed by atoms with E-state index in [1.165, 1.54) is 30.6 Å². The Hall–Kier alpha value is -1.22. The molecule has 0 amide bonds. The SMILES string of the molecule is Cc1cc(N)c(NCC2CCN(C)C2)cc1C. The number of nitrogens with zero attached hydrogens (tertiary/aromatic N) is 1. The fraction of sp³-hybridized carbons (Fsp3) is 0.571. The minimum atomic E-state index is 0.751. The van der Waals surface area contributed by atoms with Crippen molar-refractivity contribution in [3.05, 3.63) is 23.3 Å². The van der Waals surface area contributed by atoms with E-state index in [1.54, 1.807) is 0 Å².